The van der Waals surface area contributed by atoms with Gasteiger partial charge in [-0.2, -0.15) is 0 Å². The summed E-state index contributed by atoms with van der Waals surface area (Å²) in [5.74, 6) is -0.437. The molecule has 0 saturated heterocycles. The lowest BCUT2D eigenvalue weighted by atomic mass is 9.94. The van der Waals surface area contributed by atoms with E-state index in [1.54, 1.807) is 0 Å². The Balaban J connectivity index is 1.69. The van der Waals surface area contributed by atoms with Crippen LogP contribution in [0, 0.1) is 0 Å². The lowest BCUT2D eigenvalue weighted by Crippen LogP contribution is -2.27. The van der Waals surface area contributed by atoms with Crippen LogP contribution < -0.4 is 0 Å². The van der Waals surface area contributed by atoms with Crippen LogP contribution in [0.15, 0.2) is 12.1 Å². The van der Waals surface area contributed by atoms with Gasteiger partial charge in [-0.15, -0.1) is 0 Å². The van der Waals surface area contributed by atoms with Crippen molar-refractivity contribution in [3.8, 4) is 11.5 Å². The van der Waals surface area contributed by atoms with Gasteiger partial charge in [0.1, 0.15) is 28.9 Å². The molecule has 0 fully saturated rings. The Morgan fingerprint density at radius 3 is 2.60 bits per heavy atom. The normalized spacial score (nSPS) is 16.4. The molecule has 1 heterocycles. The molecule has 1 aliphatic rings. The smallest absolute Gasteiger partial charge is 0.342 e. The number of cyclic esters (lactones) is 1. The molecule has 0 unspecified atom stereocenters. The molecule has 1 aliphatic heterocycles. The molecule has 5 heteroatoms. The number of hydrogen-bond acceptors (Lipinski definition) is 5. The van der Waals surface area contributed by atoms with Crippen molar-refractivity contribution in [2.75, 3.05) is 0 Å². The Bertz CT molecular complexity index is 608. The van der Waals surface area contributed by atoms with Gasteiger partial charge in [0, 0.05) is 25.3 Å². The average Bonchev–Trinajstić information content (AvgIpc) is 2.55. The fourth-order valence-corrected chi connectivity index (χ4v) is 3.27. The SMILES string of the molecule is CCCCC(=O)CCCCCC[C@@H]1Cc2cc(O)cc(O)c2C(=O)O1. The number of unbranched alkanes of at least 4 members (excludes halogenated alkanes) is 4. The number of carbonyl (C=O) groups excluding carboxylic acids is 2. The highest BCUT2D eigenvalue weighted by molar-refractivity contribution is 5.95. The Labute approximate surface area is 149 Å². The summed E-state index contributed by atoms with van der Waals surface area (Å²) >= 11 is 0. The maximum atomic E-state index is 12.0. The lowest BCUT2D eigenvalue weighted by Gasteiger charge is -2.25. The van der Waals surface area contributed by atoms with Gasteiger partial charge >= 0.3 is 5.97 Å². The van der Waals surface area contributed by atoms with Crippen LogP contribution in [0.3, 0.4) is 0 Å². The molecular formula is C20H28O5. The van der Waals surface area contributed by atoms with Gasteiger partial charge in [-0.3, -0.25) is 4.79 Å². The van der Waals surface area contributed by atoms with E-state index in [4.69, 9.17) is 4.74 Å². The minimum absolute atomic E-state index is 0.0440. The number of benzene rings is 1. The first-order chi connectivity index (χ1) is 12.0. The highest BCUT2D eigenvalue weighted by atomic mass is 16.5. The van der Waals surface area contributed by atoms with E-state index < -0.39 is 5.97 Å². The second-order valence-corrected chi connectivity index (χ2v) is 6.83. The molecule has 1 aromatic rings. The van der Waals surface area contributed by atoms with E-state index in [1.165, 1.54) is 6.07 Å². The second-order valence-electron chi connectivity index (χ2n) is 6.83. The molecule has 2 rings (SSSR count). The van der Waals surface area contributed by atoms with E-state index in [1.807, 2.05) is 0 Å². The lowest BCUT2D eigenvalue weighted by molar-refractivity contribution is -0.119. The van der Waals surface area contributed by atoms with Crippen molar-refractivity contribution in [3.63, 3.8) is 0 Å². The largest absolute Gasteiger partial charge is 0.508 e. The first kappa shape index (κ1) is 19.3. The van der Waals surface area contributed by atoms with E-state index in [9.17, 15) is 19.8 Å². The van der Waals surface area contributed by atoms with Gasteiger partial charge in [0.05, 0.1) is 0 Å². The number of ketones is 1. The number of carbonyl (C=O) groups is 2. The molecule has 0 saturated carbocycles. The highest BCUT2D eigenvalue weighted by Gasteiger charge is 2.29. The van der Waals surface area contributed by atoms with E-state index in [0.717, 1.165) is 51.0 Å². The summed E-state index contributed by atoms with van der Waals surface area (Å²) in [7, 11) is 0. The van der Waals surface area contributed by atoms with Crippen molar-refractivity contribution in [3.05, 3.63) is 23.3 Å². The number of hydrogen-bond donors (Lipinski definition) is 2. The summed E-state index contributed by atoms with van der Waals surface area (Å²) in [5.41, 5.74) is 0.805. The summed E-state index contributed by atoms with van der Waals surface area (Å²) in [5, 5.41) is 19.4. The monoisotopic (exact) mass is 348 g/mol. The van der Waals surface area contributed by atoms with Crippen LogP contribution in [0.2, 0.25) is 0 Å². The summed E-state index contributed by atoms with van der Waals surface area (Å²) in [6, 6.07) is 2.67. The number of fused-ring (bicyclic) bond motifs is 1. The molecule has 25 heavy (non-hydrogen) atoms. The van der Waals surface area contributed by atoms with Crippen molar-refractivity contribution in [1.29, 1.82) is 0 Å². The van der Waals surface area contributed by atoms with Crippen LogP contribution in [0.25, 0.3) is 0 Å². The molecule has 2 N–H and O–H groups in total. The predicted molar refractivity (Wildman–Crippen MR) is 94.9 cm³/mol. The first-order valence-electron chi connectivity index (χ1n) is 9.28. The van der Waals surface area contributed by atoms with Gasteiger partial charge in [0.2, 0.25) is 0 Å². The predicted octanol–water partition coefficient (Wildman–Crippen LogP) is 4.28. The highest BCUT2D eigenvalue weighted by Crippen LogP contribution is 2.33. The fraction of sp³-hybridized carbons (Fsp3) is 0.600. The quantitative estimate of drug-likeness (QED) is 0.487. The minimum Gasteiger partial charge on any atom is -0.508 e. The fourth-order valence-electron chi connectivity index (χ4n) is 3.27. The molecule has 0 amide bonds. The molecule has 0 radical (unpaired) electrons. The van der Waals surface area contributed by atoms with Gasteiger partial charge in [0.25, 0.3) is 0 Å². The molecule has 1 aromatic carbocycles. The number of phenols is 2. The van der Waals surface area contributed by atoms with Crippen LogP contribution >= 0.6 is 0 Å². The Kier molecular flexibility index (Phi) is 7.29. The number of Topliss-reactive ketones (excluding diaryl/α,β-unsaturated/α-hetero) is 1. The van der Waals surface area contributed by atoms with Crippen molar-refractivity contribution in [2.24, 2.45) is 0 Å². The van der Waals surface area contributed by atoms with Crippen molar-refractivity contribution < 1.29 is 24.5 Å². The molecule has 1 atom stereocenters. The molecule has 138 valence electrons. The maximum absolute atomic E-state index is 12.0. The van der Waals surface area contributed by atoms with Crippen LogP contribution in [0.1, 0.15) is 80.6 Å². The third kappa shape index (κ3) is 5.76. The van der Waals surface area contributed by atoms with Crippen LogP contribution in [0.5, 0.6) is 11.5 Å². The average molecular weight is 348 g/mol. The molecule has 0 bridgehead atoms. The zero-order valence-corrected chi connectivity index (χ0v) is 14.9. The van der Waals surface area contributed by atoms with Crippen molar-refractivity contribution >= 4 is 11.8 Å². The van der Waals surface area contributed by atoms with E-state index >= 15 is 0 Å². The topological polar surface area (TPSA) is 83.8 Å². The van der Waals surface area contributed by atoms with Crippen LogP contribution in [-0.2, 0) is 16.0 Å². The number of esters is 1. The van der Waals surface area contributed by atoms with E-state index in [2.05, 4.69) is 6.92 Å². The number of phenolic OH excluding ortho intramolecular Hbond substituents is 2. The van der Waals surface area contributed by atoms with Crippen molar-refractivity contribution in [2.45, 2.75) is 77.2 Å². The zero-order valence-electron chi connectivity index (χ0n) is 14.9. The summed E-state index contributed by atoms with van der Waals surface area (Å²) < 4.78 is 5.39. The van der Waals surface area contributed by atoms with Crippen molar-refractivity contribution in [1.82, 2.24) is 0 Å². The number of aromatic hydroxyl groups is 2. The minimum atomic E-state index is -0.523. The Morgan fingerprint density at radius 2 is 1.84 bits per heavy atom. The van der Waals surface area contributed by atoms with Gasteiger partial charge in [-0.25, -0.2) is 4.79 Å². The van der Waals surface area contributed by atoms with Crippen LogP contribution in [0.4, 0.5) is 0 Å². The molecular weight excluding hydrogens is 320 g/mol. The third-order valence-electron chi connectivity index (χ3n) is 4.65. The van der Waals surface area contributed by atoms with Crippen LogP contribution in [-0.4, -0.2) is 28.1 Å². The summed E-state index contributed by atoms with van der Waals surface area (Å²) in [6.07, 6.45) is 8.35. The molecule has 0 aromatic heterocycles. The van der Waals surface area contributed by atoms with Gasteiger partial charge in [0.15, 0.2) is 0 Å². The molecule has 0 spiro atoms. The second kappa shape index (κ2) is 9.44. The van der Waals surface area contributed by atoms with Gasteiger partial charge < -0.3 is 14.9 Å². The summed E-state index contributed by atoms with van der Waals surface area (Å²) in [6.45, 7) is 2.09. The molecule has 5 nitrogen and oxygen atoms in total. The third-order valence-corrected chi connectivity index (χ3v) is 4.65. The standard InChI is InChI=1S/C20H28O5/c1-2-3-8-15(21)9-6-4-5-7-10-17-12-14-11-16(22)13-18(23)19(14)20(24)25-17/h11,13,17,22-23H,2-10,12H2,1H3/t17-/m1/s1. The molecule has 0 aliphatic carbocycles. The summed E-state index contributed by atoms with van der Waals surface area (Å²) in [4.78, 5) is 23.6. The van der Waals surface area contributed by atoms with Gasteiger partial charge in [-0.05, 0) is 37.3 Å². The van der Waals surface area contributed by atoms with E-state index in [-0.39, 0.29) is 23.2 Å². The Hall–Kier alpha value is -2.04. The maximum Gasteiger partial charge on any atom is 0.342 e. The zero-order chi connectivity index (χ0) is 18.2. The Morgan fingerprint density at radius 1 is 1.12 bits per heavy atom. The first-order valence-corrected chi connectivity index (χ1v) is 9.28. The number of rotatable bonds is 10. The number of ether oxygens (including phenoxy) is 1. The van der Waals surface area contributed by atoms with E-state index in [0.29, 0.717) is 30.6 Å². The van der Waals surface area contributed by atoms with Gasteiger partial charge in [-0.1, -0.05) is 26.2 Å².